The molecule has 0 unspecified atom stereocenters. The SMILES string of the molecule is C=C1/C=C\C=C/C/C(c2ccc3c(c2)C(C)(C)c2cc(C#N)ccc2-3)=c2/ccc(-c3ccc4c(c3)C(C)(C)c3cc(C#N)ccc3-4)c/c2=C/1c1ccc2c(c1)C(C)(C)c1cc(C#N)ccc1-2. The summed E-state index contributed by atoms with van der Waals surface area (Å²) in [6.07, 6.45) is 9.34. The maximum absolute atomic E-state index is 9.86. The van der Waals surface area contributed by atoms with Gasteiger partial charge in [0.25, 0.3) is 0 Å². The van der Waals surface area contributed by atoms with E-state index in [4.69, 9.17) is 6.58 Å². The predicted octanol–water partition coefficient (Wildman–Crippen LogP) is 13.4. The van der Waals surface area contributed by atoms with Crippen LogP contribution in [0.25, 0.3) is 55.7 Å². The van der Waals surface area contributed by atoms with Crippen LogP contribution in [-0.2, 0) is 16.2 Å². The Balaban J connectivity index is 1.18. The second kappa shape index (κ2) is 14.5. The molecule has 3 nitrogen and oxygen atoms in total. The Morgan fingerprint density at radius 3 is 1.27 bits per heavy atom. The maximum atomic E-state index is 9.86. The van der Waals surface area contributed by atoms with Gasteiger partial charge in [-0.15, -0.1) is 0 Å². The largest absolute Gasteiger partial charge is 0.192 e. The van der Waals surface area contributed by atoms with Gasteiger partial charge in [0, 0.05) is 16.2 Å². The average Bonchev–Trinajstić information content (AvgIpc) is 3.80. The number of hydrogen-bond donors (Lipinski definition) is 0. The molecule has 0 aliphatic heterocycles. The standard InChI is InChI=1S/C63H47N3/c1-37-11-9-8-10-12-45(43-18-25-51-48-21-14-39(35-65)28-55(48)62(4,5)58(51)32-43)46-23-16-41(42-17-24-50-47-20-13-38(34-64)27-54(47)61(2,3)57(50)31-42)30-53(46)60(37)44-19-26-52-49-22-15-40(36-66)29-56(49)63(6,7)59(52)33-44/h8-11,13-33H,1,12H2,2-7H3/b10-8-,11-9-,46-45+,60-53+. The summed E-state index contributed by atoms with van der Waals surface area (Å²) in [5.74, 6) is 0. The fraction of sp³-hybridized carbons (Fsp3) is 0.159. The zero-order chi connectivity index (χ0) is 45.9. The monoisotopic (exact) mass is 845 g/mol. The summed E-state index contributed by atoms with van der Waals surface area (Å²) in [5, 5.41) is 31.7. The molecule has 7 aromatic carbocycles. The van der Waals surface area contributed by atoms with Gasteiger partial charge in [-0.1, -0.05) is 139 Å². The van der Waals surface area contributed by atoms with E-state index in [-0.39, 0.29) is 16.2 Å². The summed E-state index contributed by atoms with van der Waals surface area (Å²) in [7, 11) is 0. The van der Waals surface area contributed by atoms with Gasteiger partial charge in [-0.25, -0.2) is 0 Å². The van der Waals surface area contributed by atoms with Crippen molar-refractivity contribution in [2.45, 2.75) is 64.2 Å². The summed E-state index contributed by atoms with van der Waals surface area (Å²) < 4.78 is 0. The molecule has 0 N–H and O–H groups in total. The number of nitriles is 3. The number of hydrogen-bond acceptors (Lipinski definition) is 3. The van der Waals surface area contributed by atoms with Gasteiger partial charge < -0.3 is 0 Å². The van der Waals surface area contributed by atoms with E-state index >= 15 is 0 Å². The molecule has 0 saturated heterocycles. The molecule has 66 heavy (non-hydrogen) atoms. The van der Waals surface area contributed by atoms with Crippen molar-refractivity contribution in [3.8, 4) is 62.7 Å². The van der Waals surface area contributed by atoms with Gasteiger partial charge in [-0.2, -0.15) is 15.8 Å². The highest BCUT2D eigenvalue weighted by molar-refractivity contribution is 5.90. The molecule has 3 heteroatoms. The third-order valence-electron chi connectivity index (χ3n) is 15.2. The molecule has 4 aliphatic carbocycles. The van der Waals surface area contributed by atoms with Crippen LogP contribution in [0.2, 0.25) is 0 Å². The van der Waals surface area contributed by atoms with Gasteiger partial charge >= 0.3 is 0 Å². The van der Waals surface area contributed by atoms with E-state index < -0.39 is 0 Å². The van der Waals surface area contributed by atoms with Gasteiger partial charge in [0.1, 0.15) is 0 Å². The first kappa shape index (κ1) is 40.7. The topological polar surface area (TPSA) is 71.4 Å². The van der Waals surface area contributed by atoms with Crippen LogP contribution in [0.3, 0.4) is 0 Å². The average molecular weight is 846 g/mol. The smallest absolute Gasteiger partial charge is 0.0991 e. The Bertz CT molecular complexity index is 3690. The van der Waals surface area contributed by atoms with E-state index in [9.17, 15) is 15.8 Å². The third kappa shape index (κ3) is 5.92. The molecule has 7 aromatic rings. The molecule has 0 amide bonds. The molecule has 4 aliphatic rings. The van der Waals surface area contributed by atoms with Crippen molar-refractivity contribution < 1.29 is 0 Å². The molecule has 11 rings (SSSR count). The first-order valence-corrected chi connectivity index (χ1v) is 22.7. The van der Waals surface area contributed by atoms with Gasteiger partial charge in [0.2, 0.25) is 0 Å². The molecule has 0 radical (unpaired) electrons. The van der Waals surface area contributed by atoms with Crippen LogP contribution in [0, 0.1) is 34.0 Å². The maximum Gasteiger partial charge on any atom is 0.0991 e. The second-order valence-corrected chi connectivity index (χ2v) is 19.9. The van der Waals surface area contributed by atoms with Crippen LogP contribution in [-0.4, -0.2) is 0 Å². The van der Waals surface area contributed by atoms with Crippen LogP contribution in [0.15, 0.2) is 164 Å². The van der Waals surface area contributed by atoms with Crippen molar-refractivity contribution >= 4 is 11.1 Å². The van der Waals surface area contributed by atoms with Crippen molar-refractivity contribution in [1.82, 2.24) is 0 Å². The second-order valence-electron chi connectivity index (χ2n) is 19.9. The van der Waals surface area contributed by atoms with Crippen LogP contribution < -0.4 is 10.4 Å². The number of nitrogens with zero attached hydrogens (tertiary/aromatic N) is 3. The Morgan fingerprint density at radius 2 is 0.788 bits per heavy atom. The zero-order valence-electron chi connectivity index (χ0n) is 38.2. The molecular formula is C63H47N3. The normalized spacial score (nSPS) is 18.7. The van der Waals surface area contributed by atoms with Gasteiger partial charge in [-0.3, -0.25) is 0 Å². The lowest BCUT2D eigenvalue weighted by Crippen LogP contribution is -2.31. The first-order chi connectivity index (χ1) is 31.7. The van der Waals surface area contributed by atoms with Gasteiger partial charge in [0.05, 0.1) is 34.9 Å². The summed E-state index contributed by atoms with van der Waals surface area (Å²) in [6, 6.07) is 53.0. The van der Waals surface area contributed by atoms with Crippen molar-refractivity contribution in [3.63, 3.8) is 0 Å². The summed E-state index contributed by atoms with van der Waals surface area (Å²) in [4.78, 5) is 0. The van der Waals surface area contributed by atoms with E-state index in [0.29, 0.717) is 23.1 Å². The zero-order valence-corrected chi connectivity index (χ0v) is 38.2. The summed E-state index contributed by atoms with van der Waals surface area (Å²) in [5.41, 5.74) is 23.3. The minimum atomic E-state index is -0.322. The van der Waals surface area contributed by atoms with E-state index in [2.05, 4.69) is 193 Å². The van der Waals surface area contributed by atoms with Gasteiger partial charge in [-0.05, 0) is 183 Å². The molecular weight excluding hydrogens is 799 g/mol. The number of allylic oxidation sites excluding steroid dienone is 5. The van der Waals surface area contributed by atoms with Crippen molar-refractivity contribution in [2.75, 3.05) is 0 Å². The van der Waals surface area contributed by atoms with E-state index in [1.165, 1.54) is 72.3 Å². The quantitative estimate of drug-likeness (QED) is 0.178. The highest BCUT2D eigenvalue weighted by atomic mass is 14.4. The predicted molar refractivity (Wildman–Crippen MR) is 268 cm³/mol. The van der Waals surface area contributed by atoms with E-state index in [0.717, 1.165) is 43.8 Å². The fourth-order valence-corrected chi connectivity index (χ4v) is 11.6. The van der Waals surface area contributed by atoms with E-state index in [1.54, 1.807) is 0 Å². The molecule has 0 fully saturated rings. The van der Waals surface area contributed by atoms with Crippen LogP contribution >= 0.6 is 0 Å². The summed E-state index contributed by atoms with van der Waals surface area (Å²) >= 11 is 0. The van der Waals surface area contributed by atoms with Crippen molar-refractivity contribution in [3.05, 3.63) is 235 Å². The lowest BCUT2D eigenvalue weighted by atomic mass is 9.80. The highest BCUT2D eigenvalue weighted by Gasteiger charge is 2.38. The lowest BCUT2D eigenvalue weighted by molar-refractivity contribution is 0.659. The Hall–Kier alpha value is -8.03. The summed E-state index contributed by atoms with van der Waals surface area (Å²) in [6.45, 7) is 18.4. The highest BCUT2D eigenvalue weighted by Crippen LogP contribution is 2.52. The molecule has 0 saturated carbocycles. The Labute approximate surface area is 387 Å². The first-order valence-electron chi connectivity index (χ1n) is 22.7. The third-order valence-corrected chi connectivity index (χ3v) is 15.2. The van der Waals surface area contributed by atoms with Crippen LogP contribution in [0.4, 0.5) is 0 Å². The molecule has 314 valence electrons. The number of benzene rings is 7. The molecule has 0 bridgehead atoms. The number of fused-ring (bicyclic) bond motifs is 10. The minimum absolute atomic E-state index is 0.281. The molecule has 0 spiro atoms. The Morgan fingerprint density at radius 1 is 0.409 bits per heavy atom. The van der Waals surface area contributed by atoms with Crippen molar-refractivity contribution in [1.29, 1.82) is 15.8 Å². The minimum Gasteiger partial charge on any atom is -0.192 e. The van der Waals surface area contributed by atoms with Crippen LogP contribution in [0.5, 0.6) is 0 Å². The van der Waals surface area contributed by atoms with E-state index in [1.807, 2.05) is 18.2 Å². The lowest BCUT2D eigenvalue weighted by Gasteiger charge is -2.23. The fourth-order valence-electron chi connectivity index (χ4n) is 11.6. The van der Waals surface area contributed by atoms with Gasteiger partial charge in [0.15, 0.2) is 0 Å². The molecule has 0 aromatic heterocycles. The number of rotatable bonds is 3. The van der Waals surface area contributed by atoms with Crippen LogP contribution in [0.1, 0.15) is 109 Å². The van der Waals surface area contributed by atoms with Crippen molar-refractivity contribution in [2.24, 2.45) is 0 Å². The molecule has 0 heterocycles. The Kier molecular flexibility index (Phi) is 8.94. The molecule has 0 atom stereocenters.